The van der Waals surface area contributed by atoms with Gasteiger partial charge in [0.2, 0.25) is 0 Å². The van der Waals surface area contributed by atoms with Gasteiger partial charge in [0.05, 0.1) is 24.8 Å². The van der Waals surface area contributed by atoms with Crippen molar-refractivity contribution >= 4 is 11.9 Å². The quantitative estimate of drug-likeness (QED) is 0.842. The Morgan fingerprint density at radius 3 is 2.77 bits per heavy atom. The molecule has 0 aromatic heterocycles. The number of rotatable bonds is 6. The molecule has 0 spiro atoms. The highest BCUT2D eigenvalue weighted by atomic mass is 19.1. The zero-order chi connectivity index (χ0) is 19.1. The molecular formula is C19H28FN3O3. The number of carbonyl (C=O) groups excluding carboxylic acids is 2. The van der Waals surface area contributed by atoms with Crippen LogP contribution in [0, 0.1) is 11.7 Å². The van der Waals surface area contributed by atoms with Crippen LogP contribution in [-0.4, -0.2) is 67.2 Å². The monoisotopic (exact) mass is 365 g/mol. The lowest BCUT2D eigenvalue weighted by Crippen LogP contribution is -2.53. The van der Waals surface area contributed by atoms with Crippen molar-refractivity contribution in [3.05, 3.63) is 35.6 Å². The summed E-state index contributed by atoms with van der Waals surface area (Å²) in [6.07, 6.45) is -0.291. The summed E-state index contributed by atoms with van der Waals surface area (Å²) in [4.78, 5) is 28.2. The van der Waals surface area contributed by atoms with E-state index in [2.05, 4.69) is 5.32 Å². The summed E-state index contributed by atoms with van der Waals surface area (Å²) >= 11 is 0. The van der Waals surface area contributed by atoms with Gasteiger partial charge in [0.25, 0.3) is 5.91 Å². The minimum absolute atomic E-state index is 0.0598. The van der Waals surface area contributed by atoms with Crippen LogP contribution in [0.3, 0.4) is 0 Å². The molecule has 2 rings (SSSR count). The molecule has 144 valence electrons. The van der Waals surface area contributed by atoms with Crippen molar-refractivity contribution in [1.29, 1.82) is 0 Å². The zero-order valence-electron chi connectivity index (χ0n) is 15.7. The number of halogens is 1. The van der Waals surface area contributed by atoms with Gasteiger partial charge in [-0.2, -0.15) is 0 Å². The molecule has 0 radical (unpaired) electrons. The third kappa shape index (κ3) is 5.42. The van der Waals surface area contributed by atoms with E-state index in [0.29, 0.717) is 39.3 Å². The second kappa shape index (κ2) is 9.52. The van der Waals surface area contributed by atoms with Gasteiger partial charge >= 0.3 is 6.03 Å². The third-order valence-electron chi connectivity index (χ3n) is 4.16. The molecule has 1 aliphatic heterocycles. The van der Waals surface area contributed by atoms with E-state index in [9.17, 15) is 14.0 Å². The van der Waals surface area contributed by atoms with Gasteiger partial charge in [0.15, 0.2) is 0 Å². The van der Waals surface area contributed by atoms with E-state index in [1.165, 1.54) is 12.1 Å². The van der Waals surface area contributed by atoms with Crippen molar-refractivity contribution in [3.8, 4) is 0 Å². The fraction of sp³-hybridized carbons (Fsp3) is 0.579. The molecular weight excluding hydrogens is 337 g/mol. The van der Waals surface area contributed by atoms with Crippen LogP contribution in [-0.2, 0) is 4.74 Å². The second-order valence-electron chi connectivity index (χ2n) is 6.86. The molecule has 0 aliphatic carbocycles. The van der Waals surface area contributed by atoms with E-state index in [0.717, 1.165) is 0 Å². The van der Waals surface area contributed by atoms with Crippen molar-refractivity contribution in [2.24, 2.45) is 5.92 Å². The molecule has 26 heavy (non-hydrogen) atoms. The average molecular weight is 365 g/mol. The van der Waals surface area contributed by atoms with Gasteiger partial charge in [-0.25, -0.2) is 9.18 Å². The van der Waals surface area contributed by atoms with Crippen LogP contribution in [0.4, 0.5) is 9.18 Å². The maximum Gasteiger partial charge on any atom is 0.317 e. The largest absolute Gasteiger partial charge is 0.373 e. The predicted molar refractivity (Wildman–Crippen MR) is 97.5 cm³/mol. The van der Waals surface area contributed by atoms with Gasteiger partial charge in [-0.3, -0.25) is 4.79 Å². The summed E-state index contributed by atoms with van der Waals surface area (Å²) in [7, 11) is 0. The number of nitrogens with one attached hydrogen (secondary N) is 1. The first-order valence-electron chi connectivity index (χ1n) is 9.10. The molecule has 1 aromatic rings. The Morgan fingerprint density at radius 2 is 2.12 bits per heavy atom. The molecule has 1 heterocycles. The van der Waals surface area contributed by atoms with Gasteiger partial charge in [-0.15, -0.1) is 0 Å². The summed E-state index contributed by atoms with van der Waals surface area (Å²) in [6, 6.07) is 5.87. The molecule has 1 aliphatic rings. The van der Waals surface area contributed by atoms with Gasteiger partial charge in [-0.1, -0.05) is 26.0 Å². The van der Waals surface area contributed by atoms with Crippen LogP contribution in [0.15, 0.2) is 24.3 Å². The molecule has 0 bridgehead atoms. The number of carbonyl (C=O) groups is 2. The average Bonchev–Trinajstić information content (AvgIpc) is 2.61. The molecule has 1 atom stereocenters. The van der Waals surface area contributed by atoms with Gasteiger partial charge in [0.1, 0.15) is 5.82 Å². The number of ether oxygens (including phenoxy) is 1. The zero-order valence-corrected chi connectivity index (χ0v) is 15.7. The molecule has 7 heteroatoms. The number of urea groups is 1. The first-order chi connectivity index (χ1) is 12.4. The molecule has 1 aromatic carbocycles. The highest BCUT2D eigenvalue weighted by Gasteiger charge is 2.28. The van der Waals surface area contributed by atoms with Gasteiger partial charge in [0, 0.05) is 26.2 Å². The number of benzene rings is 1. The number of amides is 3. The SMILES string of the molecule is CCNC(=O)N1CCOC(CN(CC(C)C)C(=O)c2ccccc2F)C1. The summed E-state index contributed by atoms with van der Waals surface area (Å²) in [5.41, 5.74) is 0.0598. The highest BCUT2D eigenvalue weighted by molar-refractivity contribution is 5.94. The minimum atomic E-state index is -0.528. The van der Waals surface area contributed by atoms with E-state index in [1.807, 2.05) is 20.8 Å². The Labute approximate surface area is 154 Å². The van der Waals surface area contributed by atoms with E-state index >= 15 is 0 Å². The van der Waals surface area contributed by atoms with E-state index in [4.69, 9.17) is 4.74 Å². The fourth-order valence-electron chi connectivity index (χ4n) is 3.01. The van der Waals surface area contributed by atoms with Crippen molar-refractivity contribution < 1.29 is 18.7 Å². The third-order valence-corrected chi connectivity index (χ3v) is 4.16. The fourth-order valence-corrected chi connectivity index (χ4v) is 3.01. The normalized spacial score (nSPS) is 17.3. The van der Waals surface area contributed by atoms with Crippen molar-refractivity contribution in [1.82, 2.24) is 15.1 Å². The lowest BCUT2D eigenvalue weighted by Gasteiger charge is -2.36. The number of hydrogen-bond acceptors (Lipinski definition) is 3. The Balaban J connectivity index is 2.08. The van der Waals surface area contributed by atoms with Crippen LogP contribution in [0.1, 0.15) is 31.1 Å². The minimum Gasteiger partial charge on any atom is -0.373 e. The van der Waals surface area contributed by atoms with Crippen molar-refractivity contribution in [3.63, 3.8) is 0 Å². The summed E-state index contributed by atoms with van der Waals surface area (Å²) in [6.45, 7) is 8.60. The molecule has 1 unspecified atom stereocenters. The summed E-state index contributed by atoms with van der Waals surface area (Å²) < 4.78 is 19.8. The van der Waals surface area contributed by atoms with Crippen LogP contribution in [0.25, 0.3) is 0 Å². The van der Waals surface area contributed by atoms with Crippen LogP contribution < -0.4 is 5.32 Å². The molecule has 6 nitrogen and oxygen atoms in total. The molecule has 1 N–H and O–H groups in total. The number of morpholine rings is 1. The Kier molecular flexibility index (Phi) is 7.38. The van der Waals surface area contributed by atoms with Crippen LogP contribution in [0.2, 0.25) is 0 Å². The number of nitrogens with zero attached hydrogens (tertiary/aromatic N) is 2. The standard InChI is InChI=1S/C19H28FN3O3/c1-4-21-19(25)22-9-10-26-15(12-22)13-23(11-14(2)3)18(24)16-7-5-6-8-17(16)20/h5-8,14-15H,4,9-13H2,1-3H3,(H,21,25). The molecule has 1 fully saturated rings. The Morgan fingerprint density at radius 1 is 1.38 bits per heavy atom. The molecule has 0 saturated carbocycles. The lowest BCUT2D eigenvalue weighted by molar-refractivity contribution is -0.0287. The summed E-state index contributed by atoms with van der Waals surface area (Å²) in [5.74, 6) is -0.649. The maximum atomic E-state index is 14.0. The number of hydrogen-bond donors (Lipinski definition) is 1. The van der Waals surface area contributed by atoms with Crippen LogP contribution >= 0.6 is 0 Å². The van der Waals surface area contributed by atoms with Gasteiger partial charge in [-0.05, 0) is 25.0 Å². The van der Waals surface area contributed by atoms with E-state index in [-0.39, 0.29) is 29.5 Å². The van der Waals surface area contributed by atoms with Crippen LogP contribution in [0.5, 0.6) is 0 Å². The molecule has 3 amide bonds. The highest BCUT2D eigenvalue weighted by Crippen LogP contribution is 2.15. The molecule has 1 saturated heterocycles. The lowest BCUT2D eigenvalue weighted by atomic mass is 10.1. The Bertz CT molecular complexity index is 624. The first kappa shape index (κ1) is 20.2. The summed E-state index contributed by atoms with van der Waals surface area (Å²) in [5, 5.41) is 2.78. The Hall–Kier alpha value is -2.15. The topological polar surface area (TPSA) is 61.9 Å². The predicted octanol–water partition coefficient (Wildman–Crippen LogP) is 2.35. The van der Waals surface area contributed by atoms with Gasteiger partial charge < -0.3 is 19.9 Å². The van der Waals surface area contributed by atoms with E-state index < -0.39 is 5.82 Å². The van der Waals surface area contributed by atoms with Crippen molar-refractivity contribution in [2.75, 3.05) is 39.3 Å². The van der Waals surface area contributed by atoms with E-state index in [1.54, 1.807) is 21.9 Å². The smallest absolute Gasteiger partial charge is 0.317 e. The van der Waals surface area contributed by atoms with Crippen molar-refractivity contribution in [2.45, 2.75) is 26.9 Å². The first-order valence-corrected chi connectivity index (χ1v) is 9.10. The second-order valence-corrected chi connectivity index (χ2v) is 6.86. The maximum absolute atomic E-state index is 14.0.